The molecule has 6 nitrogen and oxygen atoms in total. The SMILES string of the molecule is N#Cc1ccc(S(=O)(=O)N2CCN(Cc3cccnc3Cl)CC2)cc1. The highest BCUT2D eigenvalue weighted by atomic mass is 35.5. The molecular formula is C17H17ClN4O2S. The zero-order valence-electron chi connectivity index (χ0n) is 13.5. The van der Waals surface area contributed by atoms with Gasteiger partial charge in [-0.05, 0) is 30.3 Å². The van der Waals surface area contributed by atoms with E-state index in [1.54, 1.807) is 6.20 Å². The monoisotopic (exact) mass is 376 g/mol. The van der Waals surface area contributed by atoms with E-state index in [1.807, 2.05) is 18.2 Å². The fraction of sp³-hybridized carbons (Fsp3) is 0.294. The van der Waals surface area contributed by atoms with E-state index in [9.17, 15) is 8.42 Å². The molecule has 0 aliphatic carbocycles. The Morgan fingerprint density at radius 3 is 2.40 bits per heavy atom. The van der Waals surface area contributed by atoms with Crippen molar-refractivity contribution < 1.29 is 8.42 Å². The first-order valence-corrected chi connectivity index (χ1v) is 9.64. The van der Waals surface area contributed by atoms with Gasteiger partial charge in [0.05, 0.1) is 16.5 Å². The summed E-state index contributed by atoms with van der Waals surface area (Å²) in [6, 6.07) is 11.8. The van der Waals surface area contributed by atoms with Crippen LogP contribution in [0.5, 0.6) is 0 Å². The molecule has 8 heteroatoms. The summed E-state index contributed by atoms with van der Waals surface area (Å²) in [5.74, 6) is 0. The van der Waals surface area contributed by atoms with Crippen LogP contribution in [0.4, 0.5) is 0 Å². The Labute approximate surface area is 152 Å². The van der Waals surface area contributed by atoms with E-state index < -0.39 is 10.0 Å². The van der Waals surface area contributed by atoms with Gasteiger partial charge in [0.15, 0.2) is 0 Å². The first-order chi connectivity index (χ1) is 12.0. The molecule has 1 aliphatic heterocycles. The maximum atomic E-state index is 12.7. The van der Waals surface area contributed by atoms with Crippen molar-refractivity contribution in [1.29, 1.82) is 5.26 Å². The van der Waals surface area contributed by atoms with Gasteiger partial charge in [0.1, 0.15) is 5.15 Å². The molecule has 0 amide bonds. The topological polar surface area (TPSA) is 77.3 Å². The Morgan fingerprint density at radius 2 is 1.80 bits per heavy atom. The van der Waals surface area contributed by atoms with Crippen LogP contribution in [0.15, 0.2) is 47.5 Å². The second kappa shape index (κ2) is 7.50. The minimum absolute atomic E-state index is 0.218. The molecule has 0 N–H and O–H groups in total. The van der Waals surface area contributed by atoms with Crippen molar-refractivity contribution in [1.82, 2.24) is 14.2 Å². The van der Waals surface area contributed by atoms with Gasteiger partial charge in [0.2, 0.25) is 10.0 Å². The number of piperazine rings is 1. The molecule has 2 aromatic rings. The number of rotatable bonds is 4. The van der Waals surface area contributed by atoms with Crippen LogP contribution in [-0.2, 0) is 16.6 Å². The number of hydrogen-bond donors (Lipinski definition) is 0. The third kappa shape index (κ3) is 3.99. The smallest absolute Gasteiger partial charge is 0.243 e. The molecule has 1 saturated heterocycles. The summed E-state index contributed by atoms with van der Waals surface area (Å²) in [5.41, 5.74) is 1.38. The van der Waals surface area contributed by atoms with Gasteiger partial charge in [-0.15, -0.1) is 0 Å². The molecular weight excluding hydrogens is 360 g/mol. The first-order valence-electron chi connectivity index (χ1n) is 7.83. The Bertz CT molecular complexity index is 886. The van der Waals surface area contributed by atoms with Crippen LogP contribution in [0.25, 0.3) is 0 Å². The van der Waals surface area contributed by atoms with Gasteiger partial charge < -0.3 is 0 Å². The van der Waals surface area contributed by atoms with Gasteiger partial charge in [-0.3, -0.25) is 4.90 Å². The summed E-state index contributed by atoms with van der Waals surface area (Å²) in [7, 11) is -3.53. The number of halogens is 1. The van der Waals surface area contributed by atoms with E-state index in [4.69, 9.17) is 16.9 Å². The molecule has 2 heterocycles. The summed E-state index contributed by atoms with van der Waals surface area (Å²) >= 11 is 6.08. The van der Waals surface area contributed by atoms with E-state index in [1.165, 1.54) is 28.6 Å². The van der Waals surface area contributed by atoms with E-state index in [2.05, 4.69) is 9.88 Å². The summed E-state index contributed by atoms with van der Waals surface area (Å²) in [6.45, 7) is 2.74. The lowest BCUT2D eigenvalue weighted by atomic mass is 10.2. The van der Waals surface area contributed by atoms with Crippen molar-refractivity contribution in [3.05, 3.63) is 58.9 Å². The molecule has 0 unspecified atom stereocenters. The van der Waals surface area contributed by atoms with Gasteiger partial charge in [0.25, 0.3) is 0 Å². The lowest BCUT2D eigenvalue weighted by molar-refractivity contribution is 0.181. The van der Waals surface area contributed by atoms with Crippen LogP contribution in [0.3, 0.4) is 0 Å². The largest absolute Gasteiger partial charge is 0.296 e. The second-order valence-corrected chi connectivity index (χ2v) is 8.07. The van der Waals surface area contributed by atoms with E-state index >= 15 is 0 Å². The minimum Gasteiger partial charge on any atom is -0.296 e. The van der Waals surface area contributed by atoms with Crippen molar-refractivity contribution in [2.75, 3.05) is 26.2 Å². The Balaban J connectivity index is 1.65. The number of sulfonamides is 1. The highest BCUT2D eigenvalue weighted by Gasteiger charge is 2.28. The van der Waals surface area contributed by atoms with Crippen LogP contribution in [0, 0.1) is 11.3 Å². The lowest BCUT2D eigenvalue weighted by Crippen LogP contribution is -2.48. The number of pyridine rings is 1. The molecule has 3 rings (SSSR count). The summed E-state index contributed by atoms with van der Waals surface area (Å²) in [6.07, 6.45) is 1.65. The molecule has 0 radical (unpaired) electrons. The Morgan fingerprint density at radius 1 is 1.12 bits per heavy atom. The fourth-order valence-electron chi connectivity index (χ4n) is 2.76. The van der Waals surface area contributed by atoms with E-state index in [0.717, 1.165) is 5.56 Å². The lowest BCUT2D eigenvalue weighted by Gasteiger charge is -2.34. The number of nitrogens with zero attached hydrogens (tertiary/aromatic N) is 4. The molecule has 1 aliphatic rings. The van der Waals surface area contributed by atoms with Gasteiger partial charge in [-0.1, -0.05) is 17.7 Å². The zero-order valence-corrected chi connectivity index (χ0v) is 15.0. The van der Waals surface area contributed by atoms with Crippen molar-refractivity contribution >= 4 is 21.6 Å². The van der Waals surface area contributed by atoms with Crippen molar-refractivity contribution in [3.63, 3.8) is 0 Å². The number of aromatic nitrogens is 1. The van der Waals surface area contributed by atoms with Gasteiger partial charge >= 0.3 is 0 Å². The zero-order chi connectivity index (χ0) is 17.9. The molecule has 130 valence electrons. The quantitative estimate of drug-likeness (QED) is 0.764. The fourth-order valence-corrected chi connectivity index (χ4v) is 4.36. The van der Waals surface area contributed by atoms with Crippen molar-refractivity contribution in [2.24, 2.45) is 0 Å². The maximum absolute atomic E-state index is 12.7. The standard InChI is InChI=1S/C17H17ClN4O2S/c18-17-15(2-1-7-20-17)13-21-8-10-22(11-9-21)25(23,24)16-5-3-14(12-19)4-6-16/h1-7H,8-11,13H2. The van der Waals surface area contributed by atoms with Gasteiger partial charge in [0, 0.05) is 44.5 Å². The Kier molecular flexibility index (Phi) is 5.35. The second-order valence-electron chi connectivity index (χ2n) is 5.77. The van der Waals surface area contributed by atoms with Crippen LogP contribution in [-0.4, -0.2) is 48.8 Å². The highest BCUT2D eigenvalue weighted by Crippen LogP contribution is 2.20. The molecule has 25 heavy (non-hydrogen) atoms. The highest BCUT2D eigenvalue weighted by molar-refractivity contribution is 7.89. The molecule has 1 aromatic heterocycles. The normalized spacial score (nSPS) is 16.5. The average molecular weight is 377 g/mol. The predicted molar refractivity (Wildman–Crippen MR) is 94.4 cm³/mol. The van der Waals surface area contributed by atoms with Crippen LogP contribution < -0.4 is 0 Å². The summed E-state index contributed by atoms with van der Waals surface area (Å²) in [5, 5.41) is 9.30. The summed E-state index contributed by atoms with van der Waals surface area (Å²) < 4.78 is 26.9. The molecule has 0 saturated carbocycles. The van der Waals surface area contributed by atoms with Crippen molar-refractivity contribution in [2.45, 2.75) is 11.4 Å². The summed E-state index contributed by atoms with van der Waals surface area (Å²) in [4.78, 5) is 6.44. The number of nitriles is 1. The Hall–Kier alpha value is -1.98. The molecule has 1 fully saturated rings. The van der Waals surface area contributed by atoms with E-state index in [-0.39, 0.29) is 4.90 Å². The average Bonchev–Trinajstić information content (AvgIpc) is 2.64. The minimum atomic E-state index is -3.53. The van der Waals surface area contributed by atoms with Crippen molar-refractivity contribution in [3.8, 4) is 6.07 Å². The van der Waals surface area contributed by atoms with E-state index in [0.29, 0.717) is 43.4 Å². The third-order valence-electron chi connectivity index (χ3n) is 4.18. The molecule has 1 aromatic carbocycles. The molecule has 0 bridgehead atoms. The first kappa shape index (κ1) is 17.8. The van der Waals surface area contributed by atoms with Crippen LogP contribution in [0.1, 0.15) is 11.1 Å². The van der Waals surface area contributed by atoms with Crippen LogP contribution >= 0.6 is 11.6 Å². The molecule has 0 spiro atoms. The maximum Gasteiger partial charge on any atom is 0.243 e. The number of hydrogen-bond acceptors (Lipinski definition) is 5. The van der Waals surface area contributed by atoms with Gasteiger partial charge in [-0.25, -0.2) is 13.4 Å². The third-order valence-corrected chi connectivity index (χ3v) is 6.44. The van der Waals surface area contributed by atoms with Crippen LogP contribution in [0.2, 0.25) is 5.15 Å². The molecule has 0 atom stereocenters. The number of benzene rings is 1. The predicted octanol–water partition coefficient (Wildman–Crippen LogP) is 2.11. The van der Waals surface area contributed by atoms with Gasteiger partial charge in [-0.2, -0.15) is 9.57 Å².